The number of amides is 1. The molecular formula is C69H122N2O6P+. The molecule has 0 aromatic heterocycles. The molecule has 9 heteroatoms. The van der Waals surface area contributed by atoms with Gasteiger partial charge in [0.1, 0.15) is 13.2 Å². The number of likely N-dealkylation sites (N-methyl/N-ethyl adjacent to an activating group) is 1. The second-order valence-electron chi connectivity index (χ2n) is 22.4. The quantitative estimate of drug-likeness (QED) is 0.0243. The lowest BCUT2D eigenvalue weighted by Gasteiger charge is -2.26. The Morgan fingerprint density at radius 1 is 0.449 bits per heavy atom. The largest absolute Gasteiger partial charge is 0.472 e. The van der Waals surface area contributed by atoms with Crippen LogP contribution in [0.4, 0.5) is 0 Å². The highest BCUT2D eigenvalue weighted by molar-refractivity contribution is 7.47. The van der Waals surface area contributed by atoms with E-state index >= 15 is 0 Å². The number of phosphoric acid groups is 1. The fraction of sp³-hybridized carbons (Fsp3) is 0.696. The molecule has 0 aliphatic carbocycles. The lowest BCUT2D eigenvalue weighted by Crippen LogP contribution is -2.46. The van der Waals surface area contributed by atoms with Gasteiger partial charge in [-0.3, -0.25) is 13.8 Å². The van der Waals surface area contributed by atoms with Crippen molar-refractivity contribution in [3.8, 4) is 0 Å². The molecular weight excluding hydrogens is 984 g/mol. The normalized spacial score (nSPS) is 14.6. The molecule has 1 amide bonds. The van der Waals surface area contributed by atoms with Crippen LogP contribution in [-0.2, 0) is 18.4 Å². The summed E-state index contributed by atoms with van der Waals surface area (Å²) < 4.78 is 23.8. The molecule has 0 spiro atoms. The van der Waals surface area contributed by atoms with Gasteiger partial charge in [-0.15, -0.1) is 0 Å². The summed E-state index contributed by atoms with van der Waals surface area (Å²) >= 11 is 0. The standard InChI is InChI=1S/C69H121N2O6P/c1-6-8-10-12-14-16-18-20-22-24-26-28-30-31-32-33-34-35-36-37-38-39-41-43-45-47-49-51-53-55-57-59-61-63-69(73)70-67(66-77-78(74,75)76-65-64-71(3,4)5)68(72)62-60-58-56-54-52-50-48-46-44-42-40-29-27-25-23-21-19-17-15-13-11-9-7-2/h8,10,14,16,20,22,26,28,31-32,34-35,37-38,41,43,47,49,53,55,67-68,72H,6-7,9,11-13,15,17-19,21,23-25,27,29-30,33,36,39-40,42,44-46,48,50-52,54,56-66H2,1-5H3,(H-,70,73,74,75)/p+1/b10-8-,16-14-,22-20-,28-26-,32-31-,35-34-,38-37-,43-41-,49-47-,55-53-. The maximum atomic E-state index is 13.0. The first-order valence-corrected chi connectivity index (χ1v) is 33.4. The van der Waals surface area contributed by atoms with E-state index in [2.05, 4.69) is 141 Å². The first-order valence-electron chi connectivity index (χ1n) is 31.9. The van der Waals surface area contributed by atoms with Gasteiger partial charge in [-0.1, -0.05) is 283 Å². The summed E-state index contributed by atoms with van der Waals surface area (Å²) in [6.45, 7) is 4.75. The van der Waals surface area contributed by atoms with Crippen molar-refractivity contribution in [1.82, 2.24) is 5.32 Å². The van der Waals surface area contributed by atoms with Crippen LogP contribution in [0.25, 0.3) is 0 Å². The Labute approximate surface area is 482 Å². The van der Waals surface area contributed by atoms with E-state index in [1.807, 2.05) is 21.1 Å². The first kappa shape index (κ1) is 74.9. The minimum absolute atomic E-state index is 0.0597. The molecule has 0 heterocycles. The van der Waals surface area contributed by atoms with Crippen molar-refractivity contribution in [3.63, 3.8) is 0 Å². The molecule has 8 nitrogen and oxygen atoms in total. The lowest BCUT2D eigenvalue weighted by atomic mass is 10.0. The number of nitrogens with one attached hydrogen (secondary N) is 1. The van der Waals surface area contributed by atoms with Gasteiger partial charge < -0.3 is 19.8 Å². The smallest absolute Gasteiger partial charge is 0.391 e. The van der Waals surface area contributed by atoms with Crippen LogP contribution in [-0.4, -0.2) is 73.4 Å². The molecule has 0 aromatic carbocycles. The van der Waals surface area contributed by atoms with Crippen LogP contribution in [0.1, 0.15) is 258 Å². The van der Waals surface area contributed by atoms with Gasteiger partial charge in [0.2, 0.25) is 5.91 Å². The summed E-state index contributed by atoms with van der Waals surface area (Å²) in [5.74, 6) is -0.189. The molecule has 3 unspecified atom stereocenters. The Morgan fingerprint density at radius 2 is 0.769 bits per heavy atom. The zero-order valence-electron chi connectivity index (χ0n) is 51.1. The Bertz CT molecular complexity index is 1680. The second kappa shape index (κ2) is 58.6. The maximum absolute atomic E-state index is 13.0. The number of aliphatic hydroxyl groups is 1. The summed E-state index contributed by atoms with van der Waals surface area (Å²) in [6.07, 6.45) is 87.0. The number of allylic oxidation sites excluding steroid dienone is 20. The van der Waals surface area contributed by atoms with Crippen LogP contribution in [0.3, 0.4) is 0 Å². The molecule has 3 atom stereocenters. The van der Waals surface area contributed by atoms with Crippen molar-refractivity contribution in [2.75, 3.05) is 40.9 Å². The van der Waals surface area contributed by atoms with Crippen molar-refractivity contribution >= 4 is 13.7 Å². The lowest BCUT2D eigenvalue weighted by molar-refractivity contribution is -0.870. The van der Waals surface area contributed by atoms with Crippen LogP contribution in [0.2, 0.25) is 0 Å². The van der Waals surface area contributed by atoms with E-state index < -0.39 is 20.0 Å². The molecule has 0 saturated heterocycles. The number of quaternary nitrogens is 1. The van der Waals surface area contributed by atoms with Gasteiger partial charge in [-0.2, -0.15) is 0 Å². The summed E-state index contributed by atoms with van der Waals surface area (Å²) in [4.78, 5) is 23.4. The summed E-state index contributed by atoms with van der Waals surface area (Å²) in [7, 11) is 1.57. The zero-order chi connectivity index (χ0) is 57.0. The molecule has 0 bridgehead atoms. The van der Waals surface area contributed by atoms with Crippen LogP contribution in [0, 0.1) is 0 Å². The van der Waals surface area contributed by atoms with Gasteiger partial charge in [0, 0.05) is 6.42 Å². The molecule has 78 heavy (non-hydrogen) atoms. The highest BCUT2D eigenvalue weighted by atomic mass is 31.2. The number of hydrogen-bond acceptors (Lipinski definition) is 5. The Kier molecular flexibility index (Phi) is 56.2. The SMILES string of the molecule is CC/C=C\C/C=C\C/C=C\C/C=C\C/C=C\C/C=C\C/C=C\C/C=C\C/C=C\C/C=C\CCCCC(=O)NC(COP(=O)(O)OCC[N+](C)(C)C)C(O)CCCCCCCCCCCCCCCCCCCCCCCCC. The number of aliphatic hydroxyl groups excluding tert-OH is 1. The van der Waals surface area contributed by atoms with Crippen LogP contribution >= 0.6 is 7.82 Å². The molecule has 0 aliphatic rings. The monoisotopic (exact) mass is 1110 g/mol. The van der Waals surface area contributed by atoms with Gasteiger partial charge in [0.25, 0.3) is 0 Å². The van der Waals surface area contributed by atoms with E-state index in [1.54, 1.807) is 0 Å². The van der Waals surface area contributed by atoms with Crippen molar-refractivity contribution in [2.24, 2.45) is 0 Å². The van der Waals surface area contributed by atoms with E-state index in [4.69, 9.17) is 9.05 Å². The molecule has 0 radical (unpaired) electrons. The zero-order valence-corrected chi connectivity index (χ0v) is 52.0. The molecule has 3 N–H and O–H groups in total. The summed E-state index contributed by atoms with van der Waals surface area (Å²) in [5.41, 5.74) is 0. The highest BCUT2D eigenvalue weighted by Gasteiger charge is 2.28. The Hall–Kier alpha value is -3.10. The molecule has 0 aromatic rings. The molecule has 0 rings (SSSR count). The molecule has 0 fully saturated rings. The maximum Gasteiger partial charge on any atom is 0.472 e. The van der Waals surface area contributed by atoms with Gasteiger partial charge >= 0.3 is 7.82 Å². The fourth-order valence-corrected chi connectivity index (χ4v) is 9.52. The van der Waals surface area contributed by atoms with Crippen molar-refractivity contribution < 1.29 is 32.9 Å². The Morgan fingerprint density at radius 3 is 1.10 bits per heavy atom. The Balaban J connectivity index is 4.26. The third-order valence-electron chi connectivity index (χ3n) is 13.7. The molecule has 448 valence electrons. The van der Waals surface area contributed by atoms with Crippen LogP contribution in [0.5, 0.6) is 0 Å². The van der Waals surface area contributed by atoms with E-state index in [9.17, 15) is 19.4 Å². The summed E-state index contributed by atoms with van der Waals surface area (Å²) in [6, 6.07) is -0.795. The van der Waals surface area contributed by atoms with E-state index in [-0.39, 0.29) is 19.1 Å². The van der Waals surface area contributed by atoms with Gasteiger partial charge in [-0.25, -0.2) is 4.57 Å². The average Bonchev–Trinajstić information content (AvgIpc) is 3.41. The van der Waals surface area contributed by atoms with Crippen molar-refractivity contribution in [1.29, 1.82) is 0 Å². The van der Waals surface area contributed by atoms with E-state index in [0.29, 0.717) is 30.3 Å². The molecule has 0 saturated carbocycles. The van der Waals surface area contributed by atoms with Gasteiger partial charge in [-0.05, 0) is 89.9 Å². The predicted octanol–water partition coefficient (Wildman–Crippen LogP) is 20.1. The van der Waals surface area contributed by atoms with Crippen LogP contribution < -0.4 is 5.32 Å². The van der Waals surface area contributed by atoms with Crippen molar-refractivity contribution in [2.45, 2.75) is 270 Å². The van der Waals surface area contributed by atoms with E-state index in [0.717, 1.165) is 96.3 Å². The van der Waals surface area contributed by atoms with E-state index in [1.165, 1.54) is 128 Å². The number of rotatable bonds is 57. The number of unbranched alkanes of at least 4 members (excludes halogenated alkanes) is 24. The minimum atomic E-state index is -4.35. The van der Waals surface area contributed by atoms with Crippen molar-refractivity contribution in [3.05, 3.63) is 122 Å². The number of phosphoric ester groups is 1. The topological polar surface area (TPSA) is 105 Å². The molecule has 0 aliphatic heterocycles. The predicted molar refractivity (Wildman–Crippen MR) is 341 cm³/mol. The summed E-state index contributed by atoms with van der Waals surface area (Å²) in [5, 5.41) is 14.1. The third kappa shape index (κ3) is 60.5. The van der Waals surface area contributed by atoms with Gasteiger partial charge in [0.05, 0.1) is 39.9 Å². The second-order valence-corrected chi connectivity index (χ2v) is 23.9. The number of hydrogen-bond donors (Lipinski definition) is 3. The highest BCUT2D eigenvalue weighted by Crippen LogP contribution is 2.43. The number of carbonyl (C=O) groups is 1. The van der Waals surface area contributed by atoms with Gasteiger partial charge in [0.15, 0.2) is 0 Å². The third-order valence-corrected chi connectivity index (χ3v) is 14.7. The van der Waals surface area contributed by atoms with Crippen LogP contribution in [0.15, 0.2) is 122 Å². The average molecular weight is 1110 g/mol. The number of nitrogens with zero attached hydrogens (tertiary/aromatic N) is 1. The minimum Gasteiger partial charge on any atom is -0.391 e. The first-order chi connectivity index (χ1) is 38.0. The number of carbonyl (C=O) groups excluding carboxylic acids is 1. The fourth-order valence-electron chi connectivity index (χ4n) is 8.78.